The number of aliphatic hydroxyl groups is 4. The smallest absolute Gasteiger partial charge is 0.336 e. The molecule has 0 bridgehead atoms. The fraction of sp³-hybridized carbons (Fsp3) is 0.316. The van der Waals surface area contributed by atoms with Crippen LogP contribution in [0.4, 0.5) is 19.3 Å². The van der Waals surface area contributed by atoms with Crippen LogP contribution in [-0.4, -0.2) is 32.5 Å². The van der Waals surface area contributed by atoms with E-state index >= 15 is 0 Å². The highest BCUT2D eigenvalue weighted by atomic mass is 19.2. The van der Waals surface area contributed by atoms with Crippen LogP contribution < -0.4 is 10.2 Å². The maximum Gasteiger partial charge on any atom is 0.344 e. The number of benzene rings is 2. The Morgan fingerprint density at radius 1 is 1.00 bits per heavy atom. The Kier molecular flexibility index (Phi) is 4.88. The van der Waals surface area contributed by atoms with Crippen LogP contribution in [0.1, 0.15) is 42.1 Å². The second kappa shape index (κ2) is 6.78. The molecule has 1 unspecified atom stereocenters. The van der Waals surface area contributed by atoms with Gasteiger partial charge in [0.05, 0.1) is 22.9 Å². The number of anilines is 1. The van der Waals surface area contributed by atoms with Gasteiger partial charge < -0.3 is 25.7 Å². The largest absolute Gasteiger partial charge is 0.344 e. The van der Waals surface area contributed by atoms with E-state index in [1.165, 1.54) is 4.90 Å². The van der Waals surface area contributed by atoms with Crippen molar-refractivity contribution in [3.63, 3.8) is 0 Å². The molecule has 1 atom stereocenters. The average molecular weight is 394 g/mol. The Morgan fingerprint density at radius 3 is 2.04 bits per heavy atom. The Hall–Kier alpha value is -2.59. The van der Waals surface area contributed by atoms with Gasteiger partial charge >= 0.3 is 18.1 Å². The zero-order chi connectivity index (χ0) is 20.9. The van der Waals surface area contributed by atoms with Crippen LogP contribution in [0.15, 0.2) is 42.5 Å². The summed E-state index contributed by atoms with van der Waals surface area (Å²) in [4.78, 5) is 13.9. The SMILES string of the molecule is CC(C)N1C(=O)NC(c2ccccc2)c2cc(C(O)(O)F)c(C(O)(O)F)cc21. The molecule has 2 aromatic rings. The third-order valence-corrected chi connectivity index (χ3v) is 4.56. The molecule has 1 aliphatic heterocycles. The third-order valence-electron chi connectivity index (χ3n) is 4.56. The summed E-state index contributed by atoms with van der Waals surface area (Å²) < 4.78 is 27.9. The molecule has 0 saturated heterocycles. The molecule has 2 aromatic carbocycles. The van der Waals surface area contributed by atoms with Crippen LogP contribution in [0.2, 0.25) is 0 Å². The predicted molar refractivity (Wildman–Crippen MR) is 95.3 cm³/mol. The number of alkyl halides is 2. The van der Waals surface area contributed by atoms with Crippen LogP contribution in [-0.2, 0) is 12.1 Å². The molecule has 0 aromatic heterocycles. The number of nitrogens with one attached hydrogen (secondary N) is 1. The molecule has 5 N–H and O–H groups in total. The lowest BCUT2D eigenvalue weighted by Crippen LogP contribution is -2.50. The maximum atomic E-state index is 14.0. The first-order valence-corrected chi connectivity index (χ1v) is 8.52. The highest BCUT2D eigenvalue weighted by molar-refractivity contribution is 5.96. The van der Waals surface area contributed by atoms with Gasteiger partial charge in [0.25, 0.3) is 0 Å². The molecule has 9 heteroatoms. The number of hydrogen-bond acceptors (Lipinski definition) is 5. The van der Waals surface area contributed by atoms with Crippen molar-refractivity contribution in [2.75, 3.05) is 4.90 Å². The second-order valence-electron chi connectivity index (χ2n) is 6.89. The second-order valence-corrected chi connectivity index (χ2v) is 6.89. The zero-order valence-corrected chi connectivity index (χ0v) is 15.1. The third kappa shape index (κ3) is 3.57. The quantitative estimate of drug-likeness (QED) is 0.508. The van der Waals surface area contributed by atoms with E-state index in [0.717, 1.165) is 12.1 Å². The van der Waals surface area contributed by atoms with Gasteiger partial charge in [-0.15, -0.1) is 0 Å². The van der Waals surface area contributed by atoms with Gasteiger partial charge in [0.2, 0.25) is 0 Å². The molecular formula is C19H20F2N2O5. The summed E-state index contributed by atoms with van der Waals surface area (Å²) in [5.74, 6) is 0. The van der Waals surface area contributed by atoms with Crippen LogP contribution in [0.3, 0.4) is 0 Å². The standard InChI is InChI=1S/C19H20F2N2O5/c1-10(2)23-15-9-14(19(21,27)28)13(18(20,25)26)8-12(15)16(22-17(23)24)11-6-4-3-5-7-11/h3-10,16,25-28H,1-2H3,(H,22,24). The number of amides is 2. The molecule has 0 radical (unpaired) electrons. The van der Waals surface area contributed by atoms with Crippen molar-refractivity contribution in [3.05, 3.63) is 64.7 Å². The fourth-order valence-electron chi connectivity index (χ4n) is 3.37. The summed E-state index contributed by atoms with van der Waals surface area (Å²) in [5.41, 5.74) is -1.28. The van der Waals surface area contributed by atoms with Crippen LogP contribution >= 0.6 is 0 Å². The van der Waals surface area contributed by atoms with E-state index in [0.29, 0.717) is 5.56 Å². The van der Waals surface area contributed by atoms with Gasteiger partial charge in [0.15, 0.2) is 0 Å². The number of carbonyl (C=O) groups is 1. The summed E-state index contributed by atoms with van der Waals surface area (Å²) in [6.45, 7) is 3.36. The molecule has 1 heterocycles. The summed E-state index contributed by atoms with van der Waals surface area (Å²) in [6.07, 6.45) is 0. The van der Waals surface area contributed by atoms with Crippen molar-refractivity contribution in [1.82, 2.24) is 5.32 Å². The number of fused-ring (bicyclic) bond motifs is 1. The minimum Gasteiger partial charge on any atom is -0.336 e. The van der Waals surface area contributed by atoms with Crippen molar-refractivity contribution in [2.45, 2.75) is 38.0 Å². The number of halogens is 2. The van der Waals surface area contributed by atoms with Gasteiger partial charge in [-0.1, -0.05) is 30.3 Å². The monoisotopic (exact) mass is 394 g/mol. The van der Waals surface area contributed by atoms with Crippen molar-refractivity contribution in [2.24, 2.45) is 0 Å². The summed E-state index contributed by atoms with van der Waals surface area (Å²) in [5, 5.41) is 40.4. The number of urea groups is 1. The highest BCUT2D eigenvalue weighted by Crippen LogP contribution is 2.42. The van der Waals surface area contributed by atoms with Gasteiger partial charge in [0, 0.05) is 11.6 Å². The normalized spacial score (nSPS) is 17.5. The Balaban J connectivity index is 2.33. The first-order chi connectivity index (χ1) is 12.9. The van der Waals surface area contributed by atoms with E-state index in [-0.39, 0.29) is 11.3 Å². The average Bonchev–Trinajstić information content (AvgIpc) is 2.58. The summed E-state index contributed by atoms with van der Waals surface area (Å²) in [7, 11) is 0. The fourth-order valence-corrected chi connectivity index (χ4v) is 3.37. The van der Waals surface area contributed by atoms with Crippen LogP contribution in [0.25, 0.3) is 0 Å². The topological polar surface area (TPSA) is 113 Å². The van der Waals surface area contributed by atoms with Crippen LogP contribution in [0, 0.1) is 0 Å². The Bertz CT molecular complexity index is 892. The van der Waals surface area contributed by atoms with Gasteiger partial charge in [0.1, 0.15) is 0 Å². The van der Waals surface area contributed by atoms with Crippen LogP contribution in [0.5, 0.6) is 0 Å². The van der Waals surface area contributed by atoms with Gasteiger partial charge in [-0.3, -0.25) is 4.90 Å². The first-order valence-electron chi connectivity index (χ1n) is 8.52. The Labute approximate surface area is 159 Å². The molecule has 3 rings (SSSR count). The molecule has 0 saturated carbocycles. The lowest BCUT2D eigenvalue weighted by Gasteiger charge is -2.39. The van der Waals surface area contributed by atoms with Gasteiger partial charge in [-0.25, -0.2) is 4.79 Å². The number of rotatable bonds is 4. The minimum absolute atomic E-state index is 0.0840. The molecule has 28 heavy (non-hydrogen) atoms. The van der Waals surface area contributed by atoms with E-state index < -0.39 is 41.3 Å². The number of hydrogen-bond donors (Lipinski definition) is 5. The lowest BCUT2D eigenvalue weighted by atomic mass is 9.89. The van der Waals surface area contributed by atoms with Gasteiger partial charge in [-0.05, 0) is 31.5 Å². The van der Waals surface area contributed by atoms with Crippen molar-refractivity contribution < 1.29 is 34.0 Å². The minimum atomic E-state index is -4.06. The predicted octanol–water partition coefficient (Wildman–Crippen LogP) is 1.84. The molecule has 0 spiro atoms. The summed E-state index contributed by atoms with van der Waals surface area (Å²) in [6, 6.07) is 0.467. The van der Waals surface area contributed by atoms with E-state index in [2.05, 4.69) is 5.32 Å². The van der Waals surface area contributed by atoms with E-state index in [1.807, 2.05) is 0 Å². The molecule has 1 aliphatic rings. The number of nitrogens with zero attached hydrogens (tertiary/aromatic N) is 1. The molecule has 0 aliphatic carbocycles. The molecule has 150 valence electrons. The molecule has 0 fully saturated rings. The first kappa shape index (κ1) is 20.2. The maximum absolute atomic E-state index is 14.0. The van der Waals surface area contributed by atoms with Crippen molar-refractivity contribution in [3.8, 4) is 0 Å². The lowest BCUT2D eigenvalue weighted by molar-refractivity contribution is -0.290. The number of carbonyl (C=O) groups excluding carboxylic acids is 1. The van der Waals surface area contributed by atoms with E-state index in [9.17, 15) is 34.0 Å². The van der Waals surface area contributed by atoms with Crippen molar-refractivity contribution in [1.29, 1.82) is 0 Å². The zero-order valence-electron chi connectivity index (χ0n) is 15.1. The molecule has 7 nitrogen and oxygen atoms in total. The Morgan fingerprint density at radius 2 is 1.54 bits per heavy atom. The molecular weight excluding hydrogens is 374 g/mol. The van der Waals surface area contributed by atoms with Gasteiger partial charge in [-0.2, -0.15) is 8.78 Å². The summed E-state index contributed by atoms with van der Waals surface area (Å²) >= 11 is 0. The highest BCUT2D eigenvalue weighted by Gasteiger charge is 2.42. The van der Waals surface area contributed by atoms with E-state index in [1.54, 1.807) is 44.2 Å². The molecule has 2 amide bonds. The van der Waals surface area contributed by atoms with Crippen molar-refractivity contribution >= 4 is 11.7 Å². The van der Waals surface area contributed by atoms with E-state index in [4.69, 9.17) is 0 Å².